The van der Waals surface area contributed by atoms with Gasteiger partial charge in [-0.25, -0.2) is 0 Å². The molecule has 2 fully saturated rings. The van der Waals surface area contributed by atoms with Crippen molar-refractivity contribution in [3.05, 3.63) is 23.3 Å². The molecule has 4 aliphatic carbocycles. The molecule has 0 aliphatic heterocycles. The topological polar surface area (TPSA) is 43.4 Å². The van der Waals surface area contributed by atoms with Crippen LogP contribution in [0.3, 0.4) is 0 Å². The lowest BCUT2D eigenvalue weighted by atomic mass is 9.49. The molecule has 0 radical (unpaired) electrons. The molecular formula is C31H48O3. The molecule has 3 nitrogen and oxygen atoms in total. The van der Waals surface area contributed by atoms with Crippen LogP contribution in [0.1, 0.15) is 118 Å². The number of hydrogen-bond acceptors (Lipinski definition) is 3. The van der Waals surface area contributed by atoms with Gasteiger partial charge < -0.3 is 4.74 Å². The number of ketones is 1. The average molecular weight is 469 g/mol. The number of rotatable bonds is 10. The number of esters is 1. The van der Waals surface area contributed by atoms with Crippen LogP contribution in [-0.2, 0) is 14.3 Å². The minimum atomic E-state index is -0.0184. The Morgan fingerprint density at radius 2 is 1.76 bits per heavy atom. The van der Waals surface area contributed by atoms with E-state index < -0.39 is 0 Å². The lowest BCUT2D eigenvalue weighted by molar-refractivity contribution is -0.156. The molecular weight excluding hydrogens is 420 g/mol. The van der Waals surface area contributed by atoms with E-state index in [0.29, 0.717) is 48.2 Å². The van der Waals surface area contributed by atoms with Gasteiger partial charge in [0.15, 0.2) is 5.78 Å². The molecule has 0 saturated heterocycles. The van der Waals surface area contributed by atoms with E-state index >= 15 is 0 Å². The summed E-state index contributed by atoms with van der Waals surface area (Å²) in [5, 5.41) is 0. The first-order valence-electron chi connectivity index (χ1n) is 14.5. The summed E-state index contributed by atoms with van der Waals surface area (Å²) in [6.07, 6.45) is 19.8. The smallest absolute Gasteiger partial charge is 0.306 e. The van der Waals surface area contributed by atoms with Crippen molar-refractivity contribution in [2.24, 2.45) is 35.0 Å². The lowest BCUT2D eigenvalue weighted by Gasteiger charge is -2.56. The number of allylic oxidation sites excluding steroid dienone is 2. The molecule has 0 aromatic rings. The van der Waals surface area contributed by atoms with E-state index in [1.54, 1.807) is 5.57 Å². The minimum absolute atomic E-state index is 0.00418. The first-order chi connectivity index (χ1) is 16.3. The van der Waals surface area contributed by atoms with Crippen molar-refractivity contribution >= 4 is 11.8 Å². The Balaban J connectivity index is 1.32. The van der Waals surface area contributed by atoms with Gasteiger partial charge in [-0.3, -0.25) is 9.59 Å². The lowest BCUT2D eigenvalue weighted by Crippen LogP contribution is -2.51. The van der Waals surface area contributed by atoms with Crippen LogP contribution >= 0.6 is 0 Å². The van der Waals surface area contributed by atoms with Crippen molar-refractivity contribution in [2.75, 3.05) is 0 Å². The second-order valence-electron chi connectivity index (χ2n) is 12.3. The summed E-state index contributed by atoms with van der Waals surface area (Å²) in [6, 6.07) is 0. The maximum Gasteiger partial charge on any atom is 0.306 e. The summed E-state index contributed by atoms with van der Waals surface area (Å²) in [7, 11) is 0. The number of fused-ring (bicyclic) bond motifs is 5. The molecule has 7 unspecified atom stereocenters. The van der Waals surface area contributed by atoms with Crippen molar-refractivity contribution in [1.82, 2.24) is 0 Å². The number of carbonyl (C=O) groups is 2. The predicted molar refractivity (Wildman–Crippen MR) is 138 cm³/mol. The molecule has 0 aromatic heterocycles. The van der Waals surface area contributed by atoms with Gasteiger partial charge in [0.2, 0.25) is 0 Å². The maximum atomic E-state index is 12.8. The quantitative estimate of drug-likeness (QED) is 0.185. The van der Waals surface area contributed by atoms with Gasteiger partial charge in [-0.05, 0) is 61.3 Å². The Morgan fingerprint density at radius 3 is 2.50 bits per heavy atom. The summed E-state index contributed by atoms with van der Waals surface area (Å²) in [6.45, 7) is 9.43. The molecule has 7 atom stereocenters. The highest BCUT2D eigenvalue weighted by Crippen LogP contribution is 2.63. The third-order valence-corrected chi connectivity index (χ3v) is 9.77. The van der Waals surface area contributed by atoms with Gasteiger partial charge in [-0.15, -0.1) is 0 Å². The SMILES string of the molecule is CCCCCCCCCCC(=O)OC1CC=C2C3C(C)CC4=CC(=O)CCC4C3C(C)CC21C. The van der Waals surface area contributed by atoms with Crippen LogP contribution in [0, 0.1) is 35.0 Å². The van der Waals surface area contributed by atoms with Crippen molar-refractivity contribution in [1.29, 1.82) is 0 Å². The zero-order valence-corrected chi connectivity index (χ0v) is 22.2. The molecule has 4 aliphatic rings. The molecule has 2 saturated carbocycles. The van der Waals surface area contributed by atoms with Gasteiger partial charge in [0.1, 0.15) is 6.10 Å². The number of hydrogen-bond donors (Lipinski definition) is 0. The molecule has 0 bridgehead atoms. The highest BCUT2D eigenvalue weighted by atomic mass is 16.5. The van der Waals surface area contributed by atoms with Gasteiger partial charge in [0, 0.05) is 24.7 Å². The van der Waals surface area contributed by atoms with E-state index in [-0.39, 0.29) is 17.5 Å². The maximum absolute atomic E-state index is 12.8. The van der Waals surface area contributed by atoms with E-state index in [0.717, 1.165) is 38.5 Å². The molecule has 0 N–H and O–H groups in total. The van der Waals surface area contributed by atoms with Crippen LogP contribution in [0.4, 0.5) is 0 Å². The van der Waals surface area contributed by atoms with Crippen molar-refractivity contribution in [3.8, 4) is 0 Å². The standard InChI is InChI=1S/C31H48O3/c1-5-6-7-8-9-10-11-12-13-28(33)34-27-17-16-26-30-21(2)18-23-19-24(32)14-15-25(23)29(30)22(3)20-31(26,27)4/h16,19,21-22,25,27,29-30H,5-15,17-18,20H2,1-4H3. The molecule has 0 aromatic carbocycles. The third kappa shape index (κ3) is 5.24. The fraction of sp³-hybridized carbons (Fsp3) is 0.806. The first-order valence-corrected chi connectivity index (χ1v) is 14.5. The normalized spacial score (nSPS) is 36.8. The summed E-state index contributed by atoms with van der Waals surface area (Å²) in [5.41, 5.74) is 2.98. The molecule has 4 rings (SSSR count). The fourth-order valence-corrected chi connectivity index (χ4v) is 8.20. The largest absolute Gasteiger partial charge is 0.461 e. The number of ether oxygens (including phenoxy) is 1. The second-order valence-corrected chi connectivity index (χ2v) is 12.3. The summed E-state index contributed by atoms with van der Waals surface area (Å²) in [5.74, 6) is 3.25. The second kappa shape index (κ2) is 11.1. The zero-order chi connectivity index (χ0) is 24.3. The molecule has 0 amide bonds. The molecule has 3 heteroatoms. The van der Waals surface area contributed by atoms with E-state index in [1.807, 2.05) is 6.08 Å². The fourth-order valence-electron chi connectivity index (χ4n) is 8.20. The summed E-state index contributed by atoms with van der Waals surface area (Å²) < 4.78 is 6.18. The van der Waals surface area contributed by atoms with E-state index in [2.05, 4.69) is 33.8 Å². The third-order valence-electron chi connectivity index (χ3n) is 9.77. The van der Waals surface area contributed by atoms with Crippen LogP contribution in [0.2, 0.25) is 0 Å². The van der Waals surface area contributed by atoms with Gasteiger partial charge in [0.25, 0.3) is 0 Å². The van der Waals surface area contributed by atoms with Crippen LogP contribution in [0.5, 0.6) is 0 Å². The average Bonchev–Trinajstić information content (AvgIpc) is 3.10. The Morgan fingerprint density at radius 1 is 1.06 bits per heavy atom. The van der Waals surface area contributed by atoms with Crippen LogP contribution in [0.15, 0.2) is 23.3 Å². The van der Waals surface area contributed by atoms with E-state index in [9.17, 15) is 9.59 Å². The number of carbonyl (C=O) groups excluding carboxylic acids is 2. The molecule has 34 heavy (non-hydrogen) atoms. The Labute approximate surface area is 208 Å². The van der Waals surface area contributed by atoms with Crippen LogP contribution in [-0.4, -0.2) is 17.9 Å². The van der Waals surface area contributed by atoms with Gasteiger partial charge in [0.05, 0.1) is 0 Å². The molecule has 0 spiro atoms. The van der Waals surface area contributed by atoms with Crippen molar-refractivity contribution in [2.45, 2.75) is 124 Å². The van der Waals surface area contributed by atoms with Crippen LogP contribution < -0.4 is 0 Å². The Kier molecular flexibility index (Phi) is 8.41. The first kappa shape index (κ1) is 25.7. The minimum Gasteiger partial charge on any atom is -0.461 e. The van der Waals surface area contributed by atoms with E-state index in [4.69, 9.17) is 4.74 Å². The summed E-state index contributed by atoms with van der Waals surface area (Å²) in [4.78, 5) is 24.8. The monoisotopic (exact) mass is 468 g/mol. The Bertz CT molecular complexity index is 807. The Hall–Kier alpha value is -1.38. The van der Waals surface area contributed by atoms with E-state index in [1.165, 1.54) is 44.1 Å². The molecule has 0 heterocycles. The highest BCUT2D eigenvalue weighted by molar-refractivity contribution is 5.91. The summed E-state index contributed by atoms with van der Waals surface area (Å²) >= 11 is 0. The van der Waals surface area contributed by atoms with Gasteiger partial charge in [-0.1, -0.05) is 89.9 Å². The van der Waals surface area contributed by atoms with Gasteiger partial charge in [-0.2, -0.15) is 0 Å². The van der Waals surface area contributed by atoms with Crippen LogP contribution in [0.25, 0.3) is 0 Å². The van der Waals surface area contributed by atoms with Gasteiger partial charge >= 0.3 is 5.97 Å². The predicted octanol–water partition coefficient (Wildman–Crippen LogP) is 7.98. The zero-order valence-electron chi connectivity index (χ0n) is 22.2. The number of unbranched alkanes of at least 4 members (excludes halogenated alkanes) is 7. The van der Waals surface area contributed by atoms with Crippen molar-refractivity contribution in [3.63, 3.8) is 0 Å². The molecule has 190 valence electrons. The highest BCUT2D eigenvalue weighted by Gasteiger charge is 2.57. The van der Waals surface area contributed by atoms with Crippen molar-refractivity contribution < 1.29 is 14.3 Å².